The minimum Gasteiger partial charge on any atom is -0.492 e. The summed E-state index contributed by atoms with van der Waals surface area (Å²) < 4.78 is 5.76. The van der Waals surface area contributed by atoms with Crippen molar-refractivity contribution in [2.45, 2.75) is 13.3 Å². The van der Waals surface area contributed by atoms with Gasteiger partial charge >= 0.3 is 0 Å². The molecule has 18 heavy (non-hydrogen) atoms. The van der Waals surface area contributed by atoms with E-state index in [4.69, 9.17) is 16.3 Å². The molecule has 0 aromatic heterocycles. The third-order valence-corrected chi connectivity index (χ3v) is 3.66. The van der Waals surface area contributed by atoms with Crippen LogP contribution in [0.15, 0.2) is 18.2 Å². The monoisotopic (exact) mass is 268 g/mol. The predicted molar refractivity (Wildman–Crippen MR) is 75.6 cm³/mol. The molecule has 1 aromatic carbocycles. The van der Waals surface area contributed by atoms with Gasteiger partial charge in [-0.05, 0) is 50.2 Å². The van der Waals surface area contributed by atoms with Crippen molar-refractivity contribution in [2.24, 2.45) is 0 Å². The van der Waals surface area contributed by atoms with Crippen molar-refractivity contribution in [1.29, 1.82) is 0 Å². The summed E-state index contributed by atoms with van der Waals surface area (Å²) in [7, 11) is 0. The van der Waals surface area contributed by atoms with E-state index in [9.17, 15) is 0 Å². The number of hydrogen-bond donors (Lipinski definition) is 1. The van der Waals surface area contributed by atoms with E-state index in [-0.39, 0.29) is 0 Å². The number of benzene rings is 1. The molecule has 0 unspecified atom stereocenters. The first-order valence-corrected chi connectivity index (χ1v) is 6.95. The molecular weight excluding hydrogens is 248 g/mol. The zero-order chi connectivity index (χ0) is 12.8. The molecule has 1 N–H and O–H groups in total. The second-order valence-corrected chi connectivity index (χ2v) is 5.11. The smallest absolute Gasteiger partial charge is 0.119 e. The van der Waals surface area contributed by atoms with Gasteiger partial charge in [0, 0.05) is 24.7 Å². The van der Waals surface area contributed by atoms with Crippen LogP contribution in [0.5, 0.6) is 5.75 Å². The molecular formula is C14H21ClN2O. The Morgan fingerprint density at radius 2 is 2.22 bits per heavy atom. The number of aryl methyl sites for hydroxylation is 1. The molecule has 1 aliphatic rings. The minimum atomic E-state index is 0.737. The van der Waals surface area contributed by atoms with E-state index in [1.54, 1.807) is 0 Å². The van der Waals surface area contributed by atoms with Gasteiger partial charge in [-0.2, -0.15) is 0 Å². The third kappa shape index (κ3) is 4.16. The van der Waals surface area contributed by atoms with Crippen LogP contribution in [0.4, 0.5) is 0 Å². The Kier molecular flexibility index (Phi) is 5.29. The van der Waals surface area contributed by atoms with Gasteiger partial charge in [0.25, 0.3) is 0 Å². The zero-order valence-corrected chi connectivity index (χ0v) is 11.7. The molecule has 1 aliphatic heterocycles. The molecule has 4 heteroatoms. The van der Waals surface area contributed by atoms with Crippen molar-refractivity contribution in [3.8, 4) is 5.75 Å². The first-order chi connectivity index (χ1) is 8.75. The summed E-state index contributed by atoms with van der Waals surface area (Å²) in [4.78, 5) is 2.45. The first kappa shape index (κ1) is 13.7. The van der Waals surface area contributed by atoms with Crippen molar-refractivity contribution in [1.82, 2.24) is 10.2 Å². The van der Waals surface area contributed by atoms with Crippen LogP contribution in [0.1, 0.15) is 12.0 Å². The fourth-order valence-corrected chi connectivity index (χ4v) is 2.24. The van der Waals surface area contributed by atoms with E-state index < -0.39 is 0 Å². The summed E-state index contributed by atoms with van der Waals surface area (Å²) in [5.41, 5.74) is 1.06. The molecule has 1 saturated heterocycles. The Bertz CT molecular complexity index is 376. The van der Waals surface area contributed by atoms with E-state index in [2.05, 4.69) is 10.2 Å². The summed E-state index contributed by atoms with van der Waals surface area (Å²) in [6.07, 6.45) is 1.22. The van der Waals surface area contributed by atoms with Crippen molar-refractivity contribution >= 4 is 11.6 Å². The Labute approximate surface area is 114 Å². The number of rotatable bonds is 4. The van der Waals surface area contributed by atoms with E-state index in [0.717, 1.165) is 55.7 Å². The van der Waals surface area contributed by atoms with Crippen molar-refractivity contribution < 1.29 is 4.74 Å². The third-order valence-electron chi connectivity index (χ3n) is 3.24. The average molecular weight is 269 g/mol. The van der Waals surface area contributed by atoms with Crippen LogP contribution in [-0.4, -0.2) is 44.2 Å². The quantitative estimate of drug-likeness (QED) is 0.907. The van der Waals surface area contributed by atoms with E-state index in [1.165, 1.54) is 6.42 Å². The number of ether oxygens (including phenoxy) is 1. The fourth-order valence-electron chi connectivity index (χ4n) is 2.12. The molecule has 1 fully saturated rings. The zero-order valence-electron chi connectivity index (χ0n) is 10.9. The lowest BCUT2D eigenvalue weighted by Crippen LogP contribution is -2.31. The van der Waals surface area contributed by atoms with E-state index in [0.29, 0.717) is 0 Å². The summed E-state index contributed by atoms with van der Waals surface area (Å²) in [6, 6.07) is 5.81. The molecule has 0 spiro atoms. The molecule has 0 amide bonds. The SMILES string of the molecule is Cc1cc(OCCN2CCCNCC2)ccc1Cl. The van der Waals surface area contributed by atoms with E-state index in [1.807, 2.05) is 25.1 Å². The average Bonchev–Trinajstić information content (AvgIpc) is 2.62. The van der Waals surface area contributed by atoms with Gasteiger partial charge in [0.15, 0.2) is 0 Å². The first-order valence-electron chi connectivity index (χ1n) is 6.58. The highest BCUT2D eigenvalue weighted by Gasteiger charge is 2.08. The van der Waals surface area contributed by atoms with Crippen LogP contribution in [0.25, 0.3) is 0 Å². The molecule has 0 saturated carbocycles. The van der Waals surface area contributed by atoms with Crippen LogP contribution in [0.2, 0.25) is 5.02 Å². The molecule has 1 aromatic rings. The number of nitrogens with zero attached hydrogens (tertiary/aromatic N) is 1. The maximum absolute atomic E-state index is 5.98. The van der Waals surface area contributed by atoms with Gasteiger partial charge < -0.3 is 10.1 Å². The standard InChI is InChI=1S/C14H21ClN2O/c1-12-11-13(3-4-14(12)15)18-10-9-17-7-2-5-16-6-8-17/h3-4,11,16H,2,5-10H2,1H3. The molecule has 3 nitrogen and oxygen atoms in total. The highest BCUT2D eigenvalue weighted by atomic mass is 35.5. The minimum absolute atomic E-state index is 0.737. The van der Waals surface area contributed by atoms with Gasteiger partial charge in [0.05, 0.1) is 0 Å². The second kappa shape index (κ2) is 6.98. The maximum Gasteiger partial charge on any atom is 0.119 e. The van der Waals surface area contributed by atoms with Gasteiger partial charge in [-0.3, -0.25) is 4.90 Å². The Balaban J connectivity index is 1.75. The molecule has 1 heterocycles. The molecule has 0 atom stereocenters. The summed E-state index contributed by atoms with van der Waals surface area (Å²) in [5, 5.41) is 4.19. The highest BCUT2D eigenvalue weighted by molar-refractivity contribution is 6.31. The predicted octanol–water partition coefficient (Wildman–Crippen LogP) is 2.32. The van der Waals surface area contributed by atoms with Crippen LogP contribution in [0.3, 0.4) is 0 Å². The number of halogens is 1. The lowest BCUT2D eigenvalue weighted by atomic mass is 10.2. The summed E-state index contributed by atoms with van der Waals surface area (Å²) >= 11 is 5.98. The fraction of sp³-hybridized carbons (Fsp3) is 0.571. The lowest BCUT2D eigenvalue weighted by Gasteiger charge is -2.19. The van der Waals surface area contributed by atoms with Crippen LogP contribution >= 0.6 is 11.6 Å². The highest BCUT2D eigenvalue weighted by Crippen LogP contribution is 2.20. The van der Waals surface area contributed by atoms with Gasteiger partial charge in [-0.1, -0.05) is 11.6 Å². The molecule has 100 valence electrons. The summed E-state index contributed by atoms with van der Waals surface area (Å²) in [5.74, 6) is 0.907. The van der Waals surface area contributed by atoms with Crippen LogP contribution < -0.4 is 10.1 Å². The van der Waals surface area contributed by atoms with Gasteiger partial charge in [0.2, 0.25) is 0 Å². The molecule has 0 aliphatic carbocycles. The van der Waals surface area contributed by atoms with Crippen LogP contribution in [0, 0.1) is 6.92 Å². The lowest BCUT2D eigenvalue weighted by molar-refractivity contribution is 0.217. The van der Waals surface area contributed by atoms with Gasteiger partial charge in [-0.15, -0.1) is 0 Å². The molecule has 0 radical (unpaired) electrons. The maximum atomic E-state index is 5.98. The topological polar surface area (TPSA) is 24.5 Å². The van der Waals surface area contributed by atoms with Crippen molar-refractivity contribution in [3.63, 3.8) is 0 Å². The van der Waals surface area contributed by atoms with Crippen molar-refractivity contribution in [2.75, 3.05) is 39.3 Å². The van der Waals surface area contributed by atoms with E-state index >= 15 is 0 Å². The second-order valence-electron chi connectivity index (χ2n) is 4.70. The molecule has 0 bridgehead atoms. The Morgan fingerprint density at radius 3 is 3.06 bits per heavy atom. The molecule has 2 rings (SSSR count). The summed E-state index contributed by atoms with van der Waals surface area (Å²) in [6.45, 7) is 8.22. The Hall–Kier alpha value is -0.770. The van der Waals surface area contributed by atoms with Gasteiger partial charge in [-0.25, -0.2) is 0 Å². The Morgan fingerprint density at radius 1 is 1.33 bits per heavy atom. The number of nitrogens with one attached hydrogen (secondary N) is 1. The normalized spacial score (nSPS) is 17.4. The number of hydrogen-bond acceptors (Lipinski definition) is 3. The largest absolute Gasteiger partial charge is 0.492 e. The van der Waals surface area contributed by atoms with Crippen LogP contribution in [-0.2, 0) is 0 Å². The van der Waals surface area contributed by atoms with Gasteiger partial charge in [0.1, 0.15) is 12.4 Å². The van der Waals surface area contributed by atoms with Crippen molar-refractivity contribution in [3.05, 3.63) is 28.8 Å².